The molecule has 0 aromatic rings. The normalized spacial score (nSPS) is 21.7. The Morgan fingerprint density at radius 2 is 2.07 bits per heavy atom. The molecule has 0 saturated heterocycles. The van der Waals surface area contributed by atoms with Gasteiger partial charge in [-0.2, -0.15) is 13.2 Å². The Bertz CT molecular complexity index is 245. The zero-order valence-corrected chi connectivity index (χ0v) is 8.30. The molecule has 0 spiro atoms. The molecule has 1 rings (SSSR count). The molecule has 1 fully saturated rings. The summed E-state index contributed by atoms with van der Waals surface area (Å²) in [5, 5.41) is 9.13. The molecular formula is C9H13F3O3. The lowest BCUT2D eigenvalue weighted by Gasteiger charge is -2.42. The Morgan fingerprint density at radius 3 is 2.33 bits per heavy atom. The fourth-order valence-corrected chi connectivity index (χ4v) is 1.73. The van der Waals surface area contributed by atoms with Gasteiger partial charge in [-0.3, -0.25) is 4.79 Å². The van der Waals surface area contributed by atoms with Gasteiger partial charge in [0.25, 0.3) is 0 Å². The molecule has 0 bridgehead atoms. The van der Waals surface area contributed by atoms with Crippen LogP contribution in [0.15, 0.2) is 0 Å². The molecule has 1 aliphatic rings. The van der Waals surface area contributed by atoms with Gasteiger partial charge >= 0.3 is 12.1 Å². The fraction of sp³-hybridized carbons (Fsp3) is 0.889. The second-order valence-electron chi connectivity index (χ2n) is 3.67. The van der Waals surface area contributed by atoms with Gasteiger partial charge in [-0.05, 0) is 19.8 Å². The minimum absolute atomic E-state index is 0.0190. The summed E-state index contributed by atoms with van der Waals surface area (Å²) in [6.45, 7) is 1.54. The van der Waals surface area contributed by atoms with Crippen LogP contribution in [0, 0.1) is 5.41 Å². The SMILES string of the molecule is CCOC(=O)C1(C(O)C(F)(F)F)CCC1. The summed E-state index contributed by atoms with van der Waals surface area (Å²) in [4.78, 5) is 11.4. The maximum absolute atomic E-state index is 12.3. The molecule has 15 heavy (non-hydrogen) atoms. The topological polar surface area (TPSA) is 46.5 Å². The van der Waals surface area contributed by atoms with E-state index < -0.39 is 23.7 Å². The highest BCUT2D eigenvalue weighted by Gasteiger charge is 2.60. The second-order valence-corrected chi connectivity index (χ2v) is 3.67. The van der Waals surface area contributed by atoms with E-state index in [1.54, 1.807) is 0 Å². The van der Waals surface area contributed by atoms with Crippen LogP contribution in [0.1, 0.15) is 26.2 Å². The van der Waals surface area contributed by atoms with Crippen LogP contribution < -0.4 is 0 Å². The minimum atomic E-state index is -4.77. The average molecular weight is 226 g/mol. The molecule has 1 N–H and O–H groups in total. The molecular weight excluding hydrogens is 213 g/mol. The molecule has 0 amide bonds. The molecule has 1 atom stereocenters. The number of esters is 1. The van der Waals surface area contributed by atoms with Crippen LogP contribution in [0.2, 0.25) is 0 Å². The molecule has 1 aliphatic carbocycles. The van der Waals surface area contributed by atoms with Gasteiger partial charge in [-0.25, -0.2) is 0 Å². The highest BCUT2D eigenvalue weighted by Crippen LogP contribution is 2.49. The molecule has 3 nitrogen and oxygen atoms in total. The number of aliphatic hydroxyl groups excluding tert-OH is 1. The van der Waals surface area contributed by atoms with Crippen LogP contribution >= 0.6 is 0 Å². The number of hydrogen-bond donors (Lipinski definition) is 1. The van der Waals surface area contributed by atoms with E-state index in [0.29, 0.717) is 6.42 Å². The number of halogens is 3. The first kappa shape index (κ1) is 12.3. The molecule has 88 valence electrons. The van der Waals surface area contributed by atoms with Crippen molar-refractivity contribution in [3.63, 3.8) is 0 Å². The van der Waals surface area contributed by atoms with E-state index in [9.17, 15) is 18.0 Å². The van der Waals surface area contributed by atoms with Gasteiger partial charge in [0.1, 0.15) is 5.41 Å². The third kappa shape index (κ3) is 2.09. The van der Waals surface area contributed by atoms with Crippen LogP contribution in [0.3, 0.4) is 0 Å². The average Bonchev–Trinajstić information content (AvgIpc) is 2.00. The van der Waals surface area contributed by atoms with E-state index in [0.717, 1.165) is 0 Å². The molecule has 0 aromatic heterocycles. The van der Waals surface area contributed by atoms with Gasteiger partial charge in [0.05, 0.1) is 6.61 Å². The standard InChI is InChI=1S/C9H13F3O3/c1-2-15-7(14)8(4-3-5-8)6(13)9(10,11)12/h6,13H,2-5H2,1H3. The second kappa shape index (κ2) is 4.00. The molecule has 0 aliphatic heterocycles. The number of alkyl halides is 3. The van der Waals surface area contributed by atoms with Crippen LogP contribution in [-0.4, -0.2) is 30.0 Å². The summed E-state index contributed by atoms with van der Waals surface area (Å²) in [5.41, 5.74) is -1.76. The summed E-state index contributed by atoms with van der Waals surface area (Å²) in [7, 11) is 0. The van der Waals surface area contributed by atoms with Crippen molar-refractivity contribution in [2.75, 3.05) is 6.61 Å². The molecule has 0 radical (unpaired) electrons. The lowest BCUT2D eigenvalue weighted by atomic mass is 9.65. The van der Waals surface area contributed by atoms with Crippen molar-refractivity contribution in [3.05, 3.63) is 0 Å². The van der Waals surface area contributed by atoms with Gasteiger partial charge in [0.15, 0.2) is 6.10 Å². The Hall–Kier alpha value is -0.780. The summed E-state index contributed by atoms with van der Waals surface area (Å²) < 4.78 is 41.5. The molecule has 0 heterocycles. The third-order valence-electron chi connectivity index (χ3n) is 2.76. The first-order chi connectivity index (χ1) is 6.84. The van der Waals surface area contributed by atoms with E-state index in [1.165, 1.54) is 6.92 Å². The molecule has 6 heteroatoms. The van der Waals surface area contributed by atoms with Gasteiger partial charge in [0.2, 0.25) is 0 Å². The van der Waals surface area contributed by atoms with Gasteiger partial charge in [-0.15, -0.1) is 0 Å². The van der Waals surface area contributed by atoms with Crippen molar-refractivity contribution < 1.29 is 27.8 Å². The van der Waals surface area contributed by atoms with Crippen molar-refractivity contribution in [1.29, 1.82) is 0 Å². The number of hydrogen-bond acceptors (Lipinski definition) is 3. The van der Waals surface area contributed by atoms with Crippen molar-refractivity contribution in [3.8, 4) is 0 Å². The van der Waals surface area contributed by atoms with Crippen LogP contribution in [0.25, 0.3) is 0 Å². The highest BCUT2D eigenvalue weighted by atomic mass is 19.4. The zero-order chi connectivity index (χ0) is 11.7. The minimum Gasteiger partial charge on any atom is -0.465 e. The predicted molar refractivity (Wildman–Crippen MR) is 45.0 cm³/mol. The van der Waals surface area contributed by atoms with Gasteiger partial charge in [0, 0.05) is 0 Å². The first-order valence-electron chi connectivity index (χ1n) is 4.76. The Morgan fingerprint density at radius 1 is 1.53 bits per heavy atom. The first-order valence-corrected chi connectivity index (χ1v) is 4.76. The molecule has 1 unspecified atom stereocenters. The van der Waals surface area contributed by atoms with Crippen LogP contribution in [0.5, 0.6) is 0 Å². The van der Waals surface area contributed by atoms with Crippen molar-refractivity contribution in [2.45, 2.75) is 38.5 Å². The highest BCUT2D eigenvalue weighted by molar-refractivity contribution is 5.78. The van der Waals surface area contributed by atoms with Crippen LogP contribution in [0.4, 0.5) is 13.2 Å². The number of carbonyl (C=O) groups is 1. The number of aliphatic hydroxyl groups is 1. The number of rotatable bonds is 3. The number of ether oxygens (including phenoxy) is 1. The quantitative estimate of drug-likeness (QED) is 0.744. The summed E-state index contributed by atoms with van der Waals surface area (Å²) in [5.74, 6) is -0.943. The van der Waals surface area contributed by atoms with Crippen molar-refractivity contribution in [1.82, 2.24) is 0 Å². The summed E-state index contributed by atoms with van der Waals surface area (Å²) in [6.07, 6.45) is -6.81. The van der Waals surface area contributed by atoms with Gasteiger partial charge in [-0.1, -0.05) is 6.42 Å². The van der Waals surface area contributed by atoms with E-state index >= 15 is 0 Å². The van der Waals surface area contributed by atoms with E-state index in [4.69, 9.17) is 5.11 Å². The monoisotopic (exact) mass is 226 g/mol. The maximum atomic E-state index is 12.3. The fourth-order valence-electron chi connectivity index (χ4n) is 1.73. The summed E-state index contributed by atoms with van der Waals surface area (Å²) >= 11 is 0. The smallest absolute Gasteiger partial charge is 0.415 e. The Kier molecular flexibility index (Phi) is 3.28. The summed E-state index contributed by atoms with van der Waals surface area (Å²) in [6, 6.07) is 0. The van der Waals surface area contributed by atoms with E-state index in [2.05, 4.69) is 4.74 Å². The third-order valence-corrected chi connectivity index (χ3v) is 2.76. The van der Waals surface area contributed by atoms with Crippen molar-refractivity contribution in [2.24, 2.45) is 5.41 Å². The number of carbonyl (C=O) groups excluding carboxylic acids is 1. The molecule has 0 aromatic carbocycles. The predicted octanol–water partition coefficient (Wildman–Crippen LogP) is 1.64. The van der Waals surface area contributed by atoms with Crippen molar-refractivity contribution >= 4 is 5.97 Å². The largest absolute Gasteiger partial charge is 0.465 e. The lowest BCUT2D eigenvalue weighted by Crippen LogP contribution is -2.54. The lowest BCUT2D eigenvalue weighted by molar-refractivity contribution is -0.255. The molecule has 1 saturated carbocycles. The van der Waals surface area contributed by atoms with E-state index in [-0.39, 0.29) is 19.4 Å². The van der Waals surface area contributed by atoms with E-state index in [1.807, 2.05) is 0 Å². The van der Waals surface area contributed by atoms with Crippen LogP contribution in [-0.2, 0) is 9.53 Å². The zero-order valence-electron chi connectivity index (χ0n) is 8.30. The Balaban J connectivity index is 2.81. The van der Waals surface area contributed by atoms with Gasteiger partial charge < -0.3 is 9.84 Å². The Labute approximate surface area is 85.2 Å². The maximum Gasteiger partial charge on any atom is 0.415 e.